The van der Waals surface area contributed by atoms with Crippen molar-refractivity contribution in [3.8, 4) is 11.8 Å². The summed E-state index contributed by atoms with van der Waals surface area (Å²) in [5, 5.41) is 18.9. The van der Waals surface area contributed by atoms with Gasteiger partial charge in [-0.3, -0.25) is 4.57 Å². The van der Waals surface area contributed by atoms with E-state index in [9.17, 15) is 10.2 Å². The Morgan fingerprint density at radius 3 is 2.25 bits per heavy atom. The first-order valence-electron chi connectivity index (χ1n) is 4.19. The molecule has 0 atom stereocenters. The van der Waals surface area contributed by atoms with Gasteiger partial charge in [-0.2, -0.15) is 0 Å². The molecule has 0 radical (unpaired) electrons. The molecule has 1 aromatic rings. The van der Waals surface area contributed by atoms with E-state index in [0.717, 1.165) is 5.56 Å². The van der Waals surface area contributed by atoms with Crippen molar-refractivity contribution in [2.24, 2.45) is 0 Å². The van der Waals surface area contributed by atoms with Gasteiger partial charge in [-0.25, -0.2) is 0 Å². The van der Waals surface area contributed by atoms with E-state index >= 15 is 0 Å². The van der Waals surface area contributed by atoms with Crippen LogP contribution in [0.3, 0.4) is 0 Å². The van der Waals surface area contributed by atoms with Crippen LogP contribution >= 0.6 is 0 Å². The van der Waals surface area contributed by atoms with Gasteiger partial charge in [0.05, 0.1) is 0 Å². The first-order chi connectivity index (χ1) is 5.57. The first-order valence-corrected chi connectivity index (χ1v) is 4.19. The summed E-state index contributed by atoms with van der Waals surface area (Å²) in [6, 6.07) is 1.61. The van der Waals surface area contributed by atoms with Crippen LogP contribution in [0, 0.1) is 0 Å². The highest BCUT2D eigenvalue weighted by molar-refractivity contribution is 5.37. The van der Waals surface area contributed by atoms with Crippen LogP contribution < -0.4 is 0 Å². The molecule has 0 fully saturated rings. The summed E-state index contributed by atoms with van der Waals surface area (Å²) in [5.41, 5.74) is 0.800. The van der Waals surface area contributed by atoms with Crippen molar-refractivity contribution in [1.29, 1.82) is 0 Å². The van der Waals surface area contributed by atoms with Crippen molar-refractivity contribution in [2.75, 3.05) is 0 Å². The van der Waals surface area contributed by atoms with Gasteiger partial charge in [0.15, 0.2) is 11.8 Å². The lowest BCUT2D eigenvalue weighted by atomic mass is 10.1. The molecule has 0 spiro atoms. The van der Waals surface area contributed by atoms with E-state index in [1.165, 1.54) is 4.57 Å². The third-order valence-corrected chi connectivity index (χ3v) is 2.01. The van der Waals surface area contributed by atoms with E-state index in [-0.39, 0.29) is 17.7 Å². The van der Waals surface area contributed by atoms with Gasteiger partial charge in [-0.15, -0.1) is 0 Å². The van der Waals surface area contributed by atoms with Crippen molar-refractivity contribution in [2.45, 2.75) is 33.2 Å². The molecule has 0 aliphatic rings. The largest absolute Gasteiger partial charge is 0.494 e. The molecule has 68 valence electrons. The molecule has 1 aromatic heterocycles. The predicted molar refractivity (Wildman–Crippen MR) is 47.5 cm³/mol. The van der Waals surface area contributed by atoms with Gasteiger partial charge in [-0.05, 0) is 12.8 Å². The third kappa shape index (κ3) is 1.26. The Hall–Kier alpha value is -1.12. The van der Waals surface area contributed by atoms with E-state index in [4.69, 9.17) is 0 Å². The Morgan fingerprint density at radius 2 is 2.00 bits per heavy atom. The Morgan fingerprint density at radius 1 is 1.42 bits per heavy atom. The fraction of sp³-hybridized carbons (Fsp3) is 0.556. The summed E-state index contributed by atoms with van der Waals surface area (Å²) in [5.74, 6) is 0.562. The lowest BCUT2D eigenvalue weighted by Gasteiger charge is -2.04. The Kier molecular flexibility index (Phi) is 2.31. The highest BCUT2D eigenvalue weighted by Gasteiger charge is 2.14. The van der Waals surface area contributed by atoms with E-state index in [1.807, 2.05) is 20.8 Å². The summed E-state index contributed by atoms with van der Waals surface area (Å²) in [6.45, 7) is 6.43. The number of rotatable bonds is 2. The normalized spacial score (nSPS) is 11.0. The molecule has 0 saturated heterocycles. The van der Waals surface area contributed by atoms with Crippen LogP contribution in [0.25, 0.3) is 0 Å². The van der Waals surface area contributed by atoms with Gasteiger partial charge in [0.2, 0.25) is 0 Å². The van der Waals surface area contributed by atoms with E-state index in [1.54, 1.807) is 6.07 Å². The second-order valence-electron chi connectivity index (χ2n) is 3.18. The molecular formula is C9H15NO2. The van der Waals surface area contributed by atoms with Gasteiger partial charge in [-0.1, -0.05) is 13.8 Å². The van der Waals surface area contributed by atoms with Crippen LogP contribution in [-0.2, 0) is 6.54 Å². The van der Waals surface area contributed by atoms with Gasteiger partial charge in [0.25, 0.3) is 0 Å². The van der Waals surface area contributed by atoms with Crippen LogP contribution in [0.5, 0.6) is 11.8 Å². The standard InChI is InChI=1S/C9H15NO2/c1-4-10-8(11)5-7(6(2)3)9(10)12/h5-6,11-12H,4H2,1-3H3. The molecule has 0 aromatic carbocycles. The molecule has 2 N–H and O–H groups in total. The molecular weight excluding hydrogens is 154 g/mol. The Bertz CT molecular complexity index is 276. The van der Waals surface area contributed by atoms with E-state index < -0.39 is 0 Å². The third-order valence-electron chi connectivity index (χ3n) is 2.01. The number of nitrogens with zero attached hydrogens (tertiary/aromatic N) is 1. The van der Waals surface area contributed by atoms with E-state index in [0.29, 0.717) is 6.54 Å². The summed E-state index contributed by atoms with van der Waals surface area (Å²) < 4.78 is 1.48. The van der Waals surface area contributed by atoms with Gasteiger partial charge < -0.3 is 10.2 Å². The van der Waals surface area contributed by atoms with Crippen LogP contribution in [0.1, 0.15) is 32.3 Å². The Balaban J connectivity index is 3.17. The van der Waals surface area contributed by atoms with Crippen molar-refractivity contribution in [3.05, 3.63) is 11.6 Å². The molecule has 0 bridgehead atoms. The minimum absolute atomic E-state index is 0.138. The lowest BCUT2D eigenvalue weighted by molar-refractivity contribution is 0.371. The van der Waals surface area contributed by atoms with Crippen LogP contribution in [0.2, 0.25) is 0 Å². The maximum atomic E-state index is 9.58. The van der Waals surface area contributed by atoms with Crippen molar-refractivity contribution < 1.29 is 10.2 Å². The van der Waals surface area contributed by atoms with Crippen LogP contribution in [0.4, 0.5) is 0 Å². The summed E-state index contributed by atoms with van der Waals surface area (Å²) in [6.07, 6.45) is 0. The zero-order valence-corrected chi connectivity index (χ0v) is 7.70. The highest BCUT2D eigenvalue weighted by atomic mass is 16.3. The molecule has 0 unspecified atom stereocenters. The van der Waals surface area contributed by atoms with Crippen molar-refractivity contribution >= 4 is 0 Å². The van der Waals surface area contributed by atoms with E-state index in [2.05, 4.69) is 0 Å². The molecule has 1 rings (SSSR count). The molecule has 3 heteroatoms. The molecule has 0 aliphatic carbocycles. The average molecular weight is 169 g/mol. The molecule has 0 aliphatic heterocycles. The first kappa shape index (κ1) is 8.97. The maximum Gasteiger partial charge on any atom is 0.197 e. The van der Waals surface area contributed by atoms with Crippen LogP contribution in [-0.4, -0.2) is 14.8 Å². The predicted octanol–water partition coefficient (Wildman–Crippen LogP) is 2.04. The maximum absolute atomic E-state index is 9.58. The zero-order valence-electron chi connectivity index (χ0n) is 7.70. The monoisotopic (exact) mass is 169 g/mol. The molecule has 0 saturated carbocycles. The van der Waals surface area contributed by atoms with Gasteiger partial charge in [0, 0.05) is 18.2 Å². The highest BCUT2D eigenvalue weighted by Crippen LogP contribution is 2.32. The van der Waals surface area contributed by atoms with Crippen molar-refractivity contribution in [3.63, 3.8) is 0 Å². The molecule has 3 nitrogen and oxygen atoms in total. The SMILES string of the molecule is CCn1c(O)cc(C(C)C)c1O. The van der Waals surface area contributed by atoms with Gasteiger partial charge >= 0.3 is 0 Å². The Labute approximate surface area is 72.3 Å². The van der Waals surface area contributed by atoms with Crippen molar-refractivity contribution in [1.82, 2.24) is 4.57 Å². The summed E-state index contributed by atoms with van der Waals surface area (Å²) in [7, 11) is 0. The molecule has 12 heavy (non-hydrogen) atoms. The molecule has 0 amide bonds. The quantitative estimate of drug-likeness (QED) is 0.711. The second-order valence-corrected chi connectivity index (χ2v) is 3.18. The smallest absolute Gasteiger partial charge is 0.197 e. The fourth-order valence-corrected chi connectivity index (χ4v) is 1.28. The topological polar surface area (TPSA) is 45.4 Å². The minimum atomic E-state index is 0.138. The number of aromatic nitrogens is 1. The summed E-state index contributed by atoms with van der Waals surface area (Å²) >= 11 is 0. The fourth-order valence-electron chi connectivity index (χ4n) is 1.28. The second kappa shape index (κ2) is 3.09. The lowest BCUT2D eigenvalue weighted by Crippen LogP contribution is -1.92. The molecule has 1 heterocycles. The number of aromatic hydroxyl groups is 2. The van der Waals surface area contributed by atoms with Gasteiger partial charge in [0.1, 0.15) is 0 Å². The number of hydrogen-bond donors (Lipinski definition) is 2. The van der Waals surface area contributed by atoms with Crippen LogP contribution in [0.15, 0.2) is 6.07 Å². The average Bonchev–Trinajstić information content (AvgIpc) is 2.27. The minimum Gasteiger partial charge on any atom is -0.494 e. The number of hydrogen-bond acceptors (Lipinski definition) is 2. The summed E-state index contributed by atoms with van der Waals surface area (Å²) in [4.78, 5) is 0. The zero-order chi connectivity index (χ0) is 9.30.